The summed E-state index contributed by atoms with van der Waals surface area (Å²) in [5.41, 5.74) is -0.190. The first kappa shape index (κ1) is 27.2. The second kappa shape index (κ2) is 12.1. The Balaban J connectivity index is 1.23. The Morgan fingerprint density at radius 1 is 1.14 bits per heavy atom. The number of carbonyl (C=O) groups excluding carboxylic acids is 1. The van der Waals surface area contributed by atoms with Crippen LogP contribution in [0.15, 0.2) is 30.5 Å². The monoisotopic (exact) mass is 526 g/mol. The molecule has 1 amide bonds. The minimum absolute atomic E-state index is 0.154. The molecule has 2 aliphatic rings. The minimum atomic E-state index is -2.85. The molecular formula is C26H31F5N4O2. The van der Waals surface area contributed by atoms with Gasteiger partial charge in [0.15, 0.2) is 6.61 Å². The normalized spacial score (nSPS) is 22.5. The molecular weight excluding hydrogens is 495 g/mol. The van der Waals surface area contributed by atoms with Gasteiger partial charge in [-0.05, 0) is 56.2 Å². The summed E-state index contributed by atoms with van der Waals surface area (Å²) in [4.78, 5) is 22.7. The van der Waals surface area contributed by atoms with Crippen LogP contribution in [-0.2, 0) is 12.8 Å². The van der Waals surface area contributed by atoms with Crippen LogP contribution in [0.3, 0.4) is 0 Å². The van der Waals surface area contributed by atoms with Crippen LogP contribution >= 0.6 is 0 Å². The number of hydrogen-bond donors (Lipinski definition) is 1. The lowest BCUT2D eigenvalue weighted by Crippen LogP contribution is -2.43. The van der Waals surface area contributed by atoms with E-state index in [0.717, 1.165) is 24.2 Å². The predicted molar refractivity (Wildman–Crippen MR) is 127 cm³/mol. The Morgan fingerprint density at radius 2 is 1.89 bits per heavy atom. The van der Waals surface area contributed by atoms with E-state index in [1.807, 2.05) is 6.07 Å². The maximum atomic E-state index is 15.6. The third-order valence-corrected chi connectivity index (χ3v) is 7.15. The topological polar surface area (TPSA) is 67.4 Å². The number of nitrogens with one attached hydrogen (secondary N) is 1. The zero-order valence-electron chi connectivity index (χ0n) is 20.4. The van der Waals surface area contributed by atoms with Crippen LogP contribution in [0.4, 0.5) is 22.0 Å². The highest BCUT2D eigenvalue weighted by Crippen LogP contribution is 2.35. The van der Waals surface area contributed by atoms with E-state index in [1.54, 1.807) is 6.07 Å². The van der Waals surface area contributed by atoms with Crippen molar-refractivity contribution in [2.75, 3.05) is 26.2 Å². The molecule has 1 aliphatic carbocycles. The van der Waals surface area contributed by atoms with Gasteiger partial charge >= 0.3 is 0 Å². The van der Waals surface area contributed by atoms with Crippen molar-refractivity contribution in [2.24, 2.45) is 0 Å². The van der Waals surface area contributed by atoms with Gasteiger partial charge in [-0.15, -0.1) is 0 Å². The fourth-order valence-electron chi connectivity index (χ4n) is 5.00. The number of aromatic nitrogens is 2. The van der Waals surface area contributed by atoms with Crippen LogP contribution < -0.4 is 10.1 Å². The summed E-state index contributed by atoms with van der Waals surface area (Å²) in [5.74, 6) is -0.423. The van der Waals surface area contributed by atoms with Gasteiger partial charge < -0.3 is 15.0 Å². The predicted octanol–water partition coefficient (Wildman–Crippen LogP) is 4.93. The molecule has 1 N–H and O–H groups in total. The number of fused-ring (bicyclic) bond motifs is 1. The summed E-state index contributed by atoms with van der Waals surface area (Å²) in [6.07, 6.45) is -1.03. The number of pyridine rings is 2. The zero-order valence-corrected chi connectivity index (χ0v) is 20.4. The number of amides is 1. The molecule has 2 aromatic rings. The Morgan fingerprint density at radius 3 is 2.62 bits per heavy atom. The van der Waals surface area contributed by atoms with E-state index in [9.17, 15) is 22.4 Å². The van der Waals surface area contributed by atoms with Crippen molar-refractivity contribution >= 4 is 5.91 Å². The van der Waals surface area contributed by atoms with Gasteiger partial charge in [0.05, 0.1) is 5.56 Å². The van der Waals surface area contributed by atoms with Gasteiger partial charge in [-0.2, -0.15) is 0 Å². The number of rotatable bonds is 9. The maximum Gasteiger partial charge on any atom is 0.281 e. The van der Waals surface area contributed by atoms with Gasteiger partial charge in [-0.25, -0.2) is 26.9 Å². The fraction of sp³-hybridized carbons (Fsp3) is 0.577. The number of halogens is 5. The molecule has 11 heteroatoms. The Bertz CT molecular complexity index is 1060. The van der Waals surface area contributed by atoms with Crippen molar-refractivity contribution in [2.45, 2.75) is 69.5 Å². The first-order chi connectivity index (χ1) is 17.7. The summed E-state index contributed by atoms with van der Waals surface area (Å²) in [7, 11) is 0. The summed E-state index contributed by atoms with van der Waals surface area (Å²) < 4.78 is 71.7. The lowest BCUT2D eigenvalue weighted by molar-refractivity contribution is 0.0642. The van der Waals surface area contributed by atoms with E-state index in [1.165, 1.54) is 18.3 Å². The van der Waals surface area contributed by atoms with Crippen molar-refractivity contribution in [3.8, 4) is 5.88 Å². The van der Waals surface area contributed by atoms with Crippen LogP contribution in [0.1, 0.15) is 65.8 Å². The summed E-state index contributed by atoms with van der Waals surface area (Å²) in [6, 6.07) is 5.94. The Kier molecular flexibility index (Phi) is 8.94. The van der Waals surface area contributed by atoms with E-state index < -0.39 is 36.7 Å². The van der Waals surface area contributed by atoms with Gasteiger partial charge in [0, 0.05) is 50.1 Å². The van der Waals surface area contributed by atoms with Gasteiger partial charge in [-0.1, -0.05) is 6.07 Å². The van der Waals surface area contributed by atoms with Crippen molar-refractivity contribution in [1.29, 1.82) is 0 Å². The molecule has 37 heavy (non-hydrogen) atoms. The first-order valence-electron chi connectivity index (χ1n) is 12.6. The Hall–Kier alpha value is -2.82. The third kappa shape index (κ3) is 7.37. The van der Waals surface area contributed by atoms with Crippen molar-refractivity contribution in [1.82, 2.24) is 20.2 Å². The lowest BCUT2D eigenvalue weighted by Gasteiger charge is -2.35. The first-order valence-corrected chi connectivity index (χ1v) is 12.6. The number of hydrogen-bond acceptors (Lipinski definition) is 5. The molecule has 0 spiro atoms. The highest BCUT2D eigenvalue weighted by atomic mass is 19.3. The molecule has 0 saturated heterocycles. The van der Waals surface area contributed by atoms with E-state index in [-0.39, 0.29) is 30.3 Å². The van der Waals surface area contributed by atoms with Gasteiger partial charge in [0.25, 0.3) is 18.8 Å². The third-order valence-electron chi connectivity index (χ3n) is 7.15. The molecule has 6 nitrogen and oxygen atoms in total. The van der Waals surface area contributed by atoms with Crippen LogP contribution in [0.25, 0.3) is 0 Å². The molecule has 0 aromatic carbocycles. The number of ether oxygens (including phenoxy) is 1. The smallest absolute Gasteiger partial charge is 0.281 e. The largest absolute Gasteiger partial charge is 0.472 e. The van der Waals surface area contributed by atoms with Crippen LogP contribution in [0, 0.1) is 0 Å². The molecule has 2 aromatic heterocycles. The van der Waals surface area contributed by atoms with Crippen LogP contribution in [0.5, 0.6) is 5.88 Å². The molecule has 0 bridgehead atoms. The van der Waals surface area contributed by atoms with E-state index in [0.29, 0.717) is 38.8 Å². The van der Waals surface area contributed by atoms with Crippen LogP contribution in [0.2, 0.25) is 0 Å². The highest BCUT2D eigenvalue weighted by Gasteiger charge is 2.36. The lowest BCUT2D eigenvalue weighted by atomic mass is 9.81. The molecule has 1 fully saturated rings. The molecule has 0 unspecified atom stereocenters. The molecule has 0 atom stereocenters. The fourth-order valence-corrected chi connectivity index (χ4v) is 5.00. The number of alkyl halides is 5. The second-order valence-electron chi connectivity index (χ2n) is 9.68. The summed E-state index contributed by atoms with van der Waals surface area (Å²) >= 11 is 0. The van der Waals surface area contributed by atoms with E-state index in [4.69, 9.17) is 4.74 Å². The highest BCUT2D eigenvalue weighted by molar-refractivity contribution is 5.95. The van der Waals surface area contributed by atoms with Crippen molar-refractivity contribution in [3.63, 3.8) is 0 Å². The Labute approximate surface area is 212 Å². The average Bonchev–Trinajstić information content (AvgIpc) is 3.09. The SMILES string of the molecule is O=C(N[C@H]1CC[C@](F)(CCN2CCc3ccc(OCC(F)F)nc3CC2)CC1)c1cccnc1C(F)F. The standard InChI is InChI=1S/C26H31F5N4O2/c27-21(28)16-37-22-4-3-17-7-13-35(14-8-20(17)34-22)15-11-26(31)9-5-18(6-10-26)33-25(36)19-2-1-12-32-23(19)24(29)30/h1-4,12,18,21,24H,5-11,13-16H2,(H,33,36)/t18-,26+. The van der Waals surface area contributed by atoms with Crippen LogP contribution in [-0.4, -0.2) is 65.2 Å². The molecule has 0 radical (unpaired) electrons. The molecule has 202 valence electrons. The summed E-state index contributed by atoms with van der Waals surface area (Å²) in [6.45, 7) is 1.31. The van der Waals surface area contributed by atoms with E-state index >= 15 is 4.39 Å². The average molecular weight is 527 g/mol. The van der Waals surface area contributed by atoms with Gasteiger partial charge in [0.2, 0.25) is 5.88 Å². The van der Waals surface area contributed by atoms with Crippen molar-refractivity contribution in [3.05, 3.63) is 53.0 Å². The van der Waals surface area contributed by atoms with Gasteiger partial charge in [0.1, 0.15) is 11.4 Å². The number of carbonyl (C=O) groups is 1. The molecule has 4 rings (SSSR count). The maximum absolute atomic E-state index is 15.6. The van der Waals surface area contributed by atoms with E-state index in [2.05, 4.69) is 20.2 Å². The molecule has 1 aliphatic heterocycles. The minimum Gasteiger partial charge on any atom is -0.472 e. The zero-order chi connectivity index (χ0) is 26.4. The summed E-state index contributed by atoms with van der Waals surface area (Å²) in [5, 5.41) is 2.76. The van der Waals surface area contributed by atoms with Crippen molar-refractivity contribution < 1.29 is 31.5 Å². The molecule has 3 heterocycles. The number of nitrogens with zero attached hydrogens (tertiary/aromatic N) is 3. The van der Waals surface area contributed by atoms with Gasteiger partial charge in [-0.3, -0.25) is 9.78 Å². The molecule has 1 saturated carbocycles. The quantitative estimate of drug-likeness (QED) is 0.470. The second-order valence-corrected chi connectivity index (χ2v) is 9.68.